The third kappa shape index (κ3) is 4.13. The third-order valence-corrected chi connectivity index (χ3v) is 4.85. The van der Waals surface area contributed by atoms with Crippen molar-refractivity contribution in [1.29, 1.82) is 0 Å². The van der Waals surface area contributed by atoms with Gasteiger partial charge in [0.15, 0.2) is 11.6 Å². The van der Waals surface area contributed by atoms with Gasteiger partial charge in [0, 0.05) is 37.6 Å². The number of hydrogen-bond donors (Lipinski definition) is 1. The summed E-state index contributed by atoms with van der Waals surface area (Å²) in [6, 6.07) is 9.92. The van der Waals surface area contributed by atoms with Crippen LogP contribution < -0.4 is 5.32 Å². The number of aromatic nitrogens is 5. The molecule has 146 valence electrons. The van der Waals surface area contributed by atoms with E-state index in [9.17, 15) is 4.79 Å². The van der Waals surface area contributed by atoms with Crippen molar-refractivity contribution in [3.63, 3.8) is 0 Å². The predicted molar refractivity (Wildman–Crippen MR) is 107 cm³/mol. The Hall–Kier alpha value is -2.96. The minimum absolute atomic E-state index is 0.127. The van der Waals surface area contributed by atoms with Crippen LogP contribution in [0.25, 0.3) is 5.82 Å². The lowest BCUT2D eigenvalue weighted by molar-refractivity contribution is -0.117. The third-order valence-electron chi connectivity index (χ3n) is 4.85. The number of carbonyl (C=O) groups excluding carboxylic acids is 1. The molecule has 28 heavy (non-hydrogen) atoms. The average Bonchev–Trinajstić information content (AvgIpc) is 3.32. The van der Waals surface area contributed by atoms with Crippen molar-refractivity contribution in [3.8, 4) is 5.82 Å². The standard InChI is InChI=1S/C21H26N6O/c1-14(2)12-18-24-19(27(25-18)20-10-11-22-26(20)3)13-15-4-8-17(9-5-15)23-21(28)16-6-7-16/h4-5,8-11,14,16H,6-7,12-13H2,1-3H3,(H,23,28). The van der Waals surface area contributed by atoms with Crippen LogP contribution >= 0.6 is 0 Å². The Morgan fingerprint density at radius 1 is 1.21 bits per heavy atom. The minimum Gasteiger partial charge on any atom is -0.326 e. The lowest BCUT2D eigenvalue weighted by Gasteiger charge is -2.08. The first-order valence-corrected chi connectivity index (χ1v) is 9.82. The minimum atomic E-state index is 0.127. The number of hydrogen-bond acceptors (Lipinski definition) is 4. The second-order valence-electron chi connectivity index (χ2n) is 7.90. The van der Waals surface area contributed by atoms with E-state index in [0.717, 1.165) is 48.0 Å². The van der Waals surface area contributed by atoms with Gasteiger partial charge in [-0.15, -0.1) is 5.10 Å². The van der Waals surface area contributed by atoms with Crippen LogP contribution in [0.3, 0.4) is 0 Å². The number of rotatable bonds is 7. The number of amides is 1. The molecule has 1 fully saturated rings. The zero-order valence-electron chi connectivity index (χ0n) is 16.6. The van der Waals surface area contributed by atoms with Gasteiger partial charge >= 0.3 is 0 Å². The first-order valence-electron chi connectivity index (χ1n) is 9.82. The Labute approximate surface area is 164 Å². The van der Waals surface area contributed by atoms with Crippen molar-refractivity contribution in [3.05, 3.63) is 53.7 Å². The van der Waals surface area contributed by atoms with Crippen LogP contribution in [0, 0.1) is 11.8 Å². The van der Waals surface area contributed by atoms with Crippen molar-refractivity contribution in [2.75, 3.05) is 5.32 Å². The van der Waals surface area contributed by atoms with Crippen LogP contribution in [-0.2, 0) is 24.7 Å². The molecular formula is C21H26N6O. The fourth-order valence-electron chi connectivity index (χ4n) is 3.19. The molecule has 1 N–H and O–H groups in total. The summed E-state index contributed by atoms with van der Waals surface area (Å²) in [5, 5.41) is 12.0. The van der Waals surface area contributed by atoms with Crippen molar-refractivity contribution >= 4 is 11.6 Å². The van der Waals surface area contributed by atoms with Gasteiger partial charge in [-0.2, -0.15) is 9.78 Å². The Kier molecular flexibility index (Phi) is 4.98. The first kappa shape index (κ1) is 18.4. The van der Waals surface area contributed by atoms with Gasteiger partial charge in [-0.1, -0.05) is 26.0 Å². The van der Waals surface area contributed by atoms with Crippen LogP contribution in [0.1, 0.15) is 43.9 Å². The Morgan fingerprint density at radius 3 is 2.57 bits per heavy atom. The molecule has 1 saturated carbocycles. The molecule has 1 aliphatic rings. The van der Waals surface area contributed by atoms with E-state index in [2.05, 4.69) is 24.3 Å². The van der Waals surface area contributed by atoms with Gasteiger partial charge < -0.3 is 5.32 Å². The van der Waals surface area contributed by atoms with Gasteiger partial charge in [0.2, 0.25) is 5.91 Å². The van der Waals surface area contributed by atoms with Gasteiger partial charge in [-0.25, -0.2) is 4.98 Å². The smallest absolute Gasteiger partial charge is 0.227 e. The zero-order chi connectivity index (χ0) is 19.7. The van der Waals surface area contributed by atoms with Crippen LogP contribution in [0.15, 0.2) is 36.5 Å². The Bertz CT molecular complexity index is 965. The molecule has 1 amide bonds. The lowest BCUT2D eigenvalue weighted by Crippen LogP contribution is -2.13. The molecule has 0 radical (unpaired) electrons. The monoisotopic (exact) mass is 378 g/mol. The Morgan fingerprint density at radius 2 is 1.96 bits per heavy atom. The maximum absolute atomic E-state index is 11.9. The molecule has 2 heterocycles. The molecule has 4 rings (SSSR count). The highest BCUT2D eigenvalue weighted by Crippen LogP contribution is 2.30. The normalized spacial score (nSPS) is 13.9. The molecule has 0 bridgehead atoms. The van der Waals surface area contributed by atoms with Crippen LogP contribution in [0.5, 0.6) is 0 Å². The van der Waals surface area contributed by atoms with Gasteiger partial charge in [0.05, 0.1) is 6.20 Å². The molecule has 7 nitrogen and oxygen atoms in total. The van der Waals surface area contributed by atoms with E-state index >= 15 is 0 Å². The van der Waals surface area contributed by atoms with E-state index in [1.807, 2.05) is 42.1 Å². The van der Waals surface area contributed by atoms with Gasteiger partial charge in [-0.3, -0.25) is 9.48 Å². The number of aryl methyl sites for hydroxylation is 1. The summed E-state index contributed by atoms with van der Waals surface area (Å²) in [5.41, 5.74) is 1.96. The Balaban J connectivity index is 1.55. The maximum Gasteiger partial charge on any atom is 0.227 e. The number of carbonyl (C=O) groups is 1. The highest BCUT2D eigenvalue weighted by Gasteiger charge is 2.29. The van der Waals surface area contributed by atoms with Crippen LogP contribution in [0.4, 0.5) is 5.69 Å². The molecule has 0 atom stereocenters. The van der Waals surface area contributed by atoms with E-state index in [4.69, 9.17) is 10.1 Å². The molecule has 1 aliphatic carbocycles. The van der Waals surface area contributed by atoms with E-state index < -0.39 is 0 Å². The quantitative estimate of drug-likeness (QED) is 0.685. The molecule has 7 heteroatoms. The molecule has 3 aromatic rings. The molecule has 0 spiro atoms. The molecule has 2 aromatic heterocycles. The zero-order valence-corrected chi connectivity index (χ0v) is 16.6. The van der Waals surface area contributed by atoms with E-state index in [0.29, 0.717) is 12.3 Å². The topological polar surface area (TPSA) is 77.6 Å². The fraction of sp³-hybridized carbons (Fsp3) is 0.429. The summed E-state index contributed by atoms with van der Waals surface area (Å²) in [6.07, 6.45) is 5.27. The van der Waals surface area contributed by atoms with Gasteiger partial charge in [0.1, 0.15) is 5.82 Å². The fourth-order valence-corrected chi connectivity index (χ4v) is 3.19. The largest absolute Gasteiger partial charge is 0.326 e. The van der Waals surface area contributed by atoms with Crippen LogP contribution in [0.2, 0.25) is 0 Å². The molecular weight excluding hydrogens is 352 g/mol. The number of benzene rings is 1. The van der Waals surface area contributed by atoms with Crippen LogP contribution in [-0.4, -0.2) is 30.5 Å². The van der Waals surface area contributed by atoms with Crippen molar-refractivity contribution in [2.45, 2.75) is 39.5 Å². The summed E-state index contributed by atoms with van der Waals surface area (Å²) in [4.78, 5) is 16.7. The van der Waals surface area contributed by atoms with Crippen molar-refractivity contribution in [2.24, 2.45) is 18.9 Å². The summed E-state index contributed by atoms with van der Waals surface area (Å²) >= 11 is 0. The number of nitrogens with one attached hydrogen (secondary N) is 1. The van der Waals surface area contributed by atoms with E-state index in [1.165, 1.54) is 0 Å². The van der Waals surface area contributed by atoms with Crippen molar-refractivity contribution in [1.82, 2.24) is 24.5 Å². The van der Waals surface area contributed by atoms with Gasteiger partial charge in [0.25, 0.3) is 0 Å². The highest BCUT2D eigenvalue weighted by molar-refractivity contribution is 5.94. The first-order chi connectivity index (χ1) is 13.5. The summed E-state index contributed by atoms with van der Waals surface area (Å²) in [6.45, 7) is 4.33. The molecule has 0 unspecified atom stereocenters. The summed E-state index contributed by atoms with van der Waals surface area (Å²) in [7, 11) is 1.90. The predicted octanol–water partition coefficient (Wildman–Crippen LogP) is 3.14. The second-order valence-corrected chi connectivity index (χ2v) is 7.90. The average molecular weight is 378 g/mol. The second kappa shape index (κ2) is 7.58. The summed E-state index contributed by atoms with van der Waals surface area (Å²) in [5.74, 6) is 3.45. The molecule has 1 aromatic carbocycles. The van der Waals surface area contributed by atoms with Gasteiger partial charge in [-0.05, 0) is 36.5 Å². The molecule has 0 saturated heterocycles. The van der Waals surface area contributed by atoms with E-state index in [1.54, 1.807) is 10.9 Å². The maximum atomic E-state index is 11.9. The lowest BCUT2D eigenvalue weighted by atomic mass is 10.1. The summed E-state index contributed by atoms with van der Waals surface area (Å²) < 4.78 is 3.68. The molecule has 0 aliphatic heterocycles. The highest BCUT2D eigenvalue weighted by atomic mass is 16.2. The van der Waals surface area contributed by atoms with Crippen molar-refractivity contribution < 1.29 is 4.79 Å². The number of nitrogens with zero attached hydrogens (tertiary/aromatic N) is 5. The number of anilines is 1. The SMILES string of the molecule is CC(C)Cc1nc(Cc2ccc(NC(=O)C3CC3)cc2)n(-c2ccnn2C)n1. The van der Waals surface area contributed by atoms with E-state index in [-0.39, 0.29) is 11.8 Å².